The summed E-state index contributed by atoms with van der Waals surface area (Å²) in [6.07, 6.45) is 0. The zero-order valence-electron chi connectivity index (χ0n) is 16.8. The van der Waals surface area contributed by atoms with Gasteiger partial charge in [0.15, 0.2) is 0 Å². The summed E-state index contributed by atoms with van der Waals surface area (Å²) in [5.74, 6) is 1.21. The van der Waals surface area contributed by atoms with Crippen molar-refractivity contribution in [3.63, 3.8) is 0 Å². The Labute approximate surface area is 165 Å². The summed E-state index contributed by atoms with van der Waals surface area (Å²) in [5.41, 5.74) is 1.21. The fraction of sp³-hybridized carbons (Fsp3) is 0.280. The molecule has 2 heteroatoms. The Balaban J connectivity index is 1.90. The first-order valence-corrected chi connectivity index (χ1v) is 11.2. The van der Waals surface area contributed by atoms with Crippen LogP contribution >= 0.6 is 7.92 Å². The van der Waals surface area contributed by atoms with Gasteiger partial charge in [0.2, 0.25) is 0 Å². The fourth-order valence-electron chi connectivity index (χ4n) is 3.60. The van der Waals surface area contributed by atoms with Crippen molar-refractivity contribution >= 4 is 29.5 Å². The third kappa shape index (κ3) is 4.99. The number of rotatable bonds is 7. The van der Waals surface area contributed by atoms with Gasteiger partial charge >= 0.3 is 0 Å². The smallest absolute Gasteiger partial charge is 0.0342 e. The van der Waals surface area contributed by atoms with Gasteiger partial charge in [-0.05, 0) is 47.8 Å². The lowest BCUT2D eigenvalue weighted by Crippen LogP contribution is -2.31. The van der Waals surface area contributed by atoms with Crippen LogP contribution in [0.4, 0.5) is 5.69 Å². The van der Waals surface area contributed by atoms with Crippen LogP contribution in [-0.4, -0.2) is 6.04 Å². The highest BCUT2D eigenvalue weighted by molar-refractivity contribution is 7.79. The van der Waals surface area contributed by atoms with Crippen LogP contribution in [0.1, 0.15) is 27.7 Å². The van der Waals surface area contributed by atoms with Crippen molar-refractivity contribution in [2.24, 2.45) is 11.8 Å². The van der Waals surface area contributed by atoms with Gasteiger partial charge in [-0.25, -0.2) is 0 Å². The second kappa shape index (κ2) is 9.20. The lowest BCUT2D eigenvalue weighted by Gasteiger charge is -2.27. The molecule has 0 aromatic heterocycles. The zero-order valence-corrected chi connectivity index (χ0v) is 17.7. The standard InChI is InChI=1S/C25H30NP/c1-19(2)25(20(3)4)26-21-15-17-24(18-16-21)27(22-11-7-5-8-12-22)23-13-9-6-10-14-23/h5-20,25-26H,1-4H3. The van der Waals surface area contributed by atoms with Gasteiger partial charge in [0.25, 0.3) is 0 Å². The Hall–Kier alpha value is -2.11. The summed E-state index contributed by atoms with van der Waals surface area (Å²) in [5, 5.41) is 7.90. The van der Waals surface area contributed by atoms with Gasteiger partial charge < -0.3 is 5.32 Å². The molecule has 3 rings (SSSR count). The average Bonchev–Trinajstić information content (AvgIpc) is 2.68. The highest BCUT2D eigenvalue weighted by atomic mass is 31.1. The summed E-state index contributed by atoms with van der Waals surface area (Å²) < 4.78 is 0. The van der Waals surface area contributed by atoms with Crippen LogP contribution in [0.5, 0.6) is 0 Å². The van der Waals surface area contributed by atoms with Crippen LogP contribution in [0.15, 0.2) is 84.9 Å². The molecule has 1 nitrogen and oxygen atoms in total. The normalized spacial score (nSPS) is 11.6. The third-order valence-corrected chi connectivity index (χ3v) is 7.37. The molecule has 0 radical (unpaired) electrons. The van der Waals surface area contributed by atoms with Gasteiger partial charge in [0, 0.05) is 11.7 Å². The van der Waals surface area contributed by atoms with Gasteiger partial charge in [0.1, 0.15) is 0 Å². The van der Waals surface area contributed by atoms with Crippen molar-refractivity contribution in [2.45, 2.75) is 33.7 Å². The molecule has 0 heterocycles. The molecular weight excluding hydrogens is 345 g/mol. The Morgan fingerprint density at radius 2 is 0.963 bits per heavy atom. The Morgan fingerprint density at radius 1 is 0.556 bits per heavy atom. The topological polar surface area (TPSA) is 12.0 Å². The van der Waals surface area contributed by atoms with E-state index >= 15 is 0 Å². The molecule has 0 aliphatic carbocycles. The first-order valence-electron chi connectivity index (χ1n) is 9.83. The molecule has 0 aliphatic rings. The number of hydrogen-bond acceptors (Lipinski definition) is 1. The number of anilines is 1. The monoisotopic (exact) mass is 375 g/mol. The summed E-state index contributed by atoms with van der Waals surface area (Å²) in [4.78, 5) is 0. The van der Waals surface area contributed by atoms with Gasteiger partial charge in [-0.1, -0.05) is 100 Å². The minimum atomic E-state index is -0.531. The van der Waals surface area contributed by atoms with Crippen LogP contribution in [0.3, 0.4) is 0 Å². The molecular formula is C25H30NP. The van der Waals surface area contributed by atoms with E-state index < -0.39 is 7.92 Å². The zero-order chi connectivity index (χ0) is 19.2. The number of hydrogen-bond donors (Lipinski definition) is 1. The Kier molecular flexibility index (Phi) is 6.69. The molecule has 1 N–H and O–H groups in total. The highest BCUT2D eigenvalue weighted by Gasteiger charge is 2.18. The van der Waals surface area contributed by atoms with Gasteiger partial charge in [-0.2, -0.15) is 0 Å². The van der Waals surface area contributed by atoms with Crippen LogP contribution < -0.4 is 21.2 Å². The molecule has 0 aliphatic heterocycles. The van der Waals surface area contributed by atoms with E-state index in [0.29, 0.717) is 17.9 Å². The van der Waals surface area contributed by atoms with Gasteiger partial charge in [-0.3, -0.25) is 0 Å². The molecule has 0 unspecified atom stereocenters. The lowest BCUT2D eigenvalue weighted by molar-refractivity contribution is 0.413. The SMILES string of the molecule is CC(C)C(Nc1ccc(P(c2ccccc2)c2ccccc2)cc1)C(C)C. The van der Waals surface area contributed by atoms with Crippen molar-refractivity contribution in [3.8, 4) is 0 Å². The van der Waals surface area contributed by atoms with E-state index in [9.17, 15) is 0 Å². The van der Waals surface area contributed by atoms with Crippen molar-refractivity contribution in [1.82, 2.24) is 0 Å². The summed E-state index contributed by atoms with van der Waals surface area (Å²) in [7, 11) is -0.531. The molecule has 140 valence electrons. The predicted octanol–water partition coefficient (Wildman–Crippen LogP) is 5.54. The molecule has 3 aromatic rings. The molecule has 0 saturated heterocycles. The lowest BCUT2D eigenvalue weighted by atomic mass is 9.93. The van der Waals surface area contributed by atoms with E-state index in [1.54, 1.807) is 0 Å². The summed E-state index contributed by atoms with van der Waals surface area (Å²) in [6.45, 7) is 9.15. The molecule has 0 spiro atoms. The first kappa shape index (κ1) is 19.6. The fourth-order valence-corrected chi connectivity index (χ4v) is 5.89. The molecule has 0 atom stereocenters. The highest BCUT2D eigenvalue weighted by Crippen LogP contribution is 2.33. The van der Waals surface area contributed by atoms with E-state index in [1.165, 1.54) is 21.6 Å². The van der Waals surface area contributed by atoms with Crippen molar-refractivity contribution in [3.05, 3.63) is 84.9 Å². The average molecular weight is 375 g/mol. The summed E-state index contributed by atoms with van der Waals surface area (Å²) in [6, 6.07) is 31.3. The minimum absolute atomic E-state index is 0.487. The number of nitrogens with one attached hydrogen (secondary N) is 1. The van der Waals surface area contributed by atoms with E-state index in [2.05, 4.69) is 118 Å². The van der Waals surface area contributed by atoms with Crippen molar-refractivity contribution < 1.29 is 0 Å². The molecule has 0 bridgehead atoms. The molecule has 27 heavy (non-hydrogen) atoms. The molecule has 0 fully saturated rings. The van der Waals surface area contributed by atoms with Gasteiger partial charge in [-0.15, -0.1) is 0 Å². The second-order valence-electron chi connectivity index (χ2n) is 7.71. The first-order chi connectivity index (χ1) is 13.1. The van der Waals surface area contributed by atoms with E-state index in [1.807, 2.05) is 0 Å². The maximum Gasteiger partial charge on any atom is 0.0342 e. The maximum absolute atomic E-state index is 3.73. The quantitative estimate of drug-likeness (QED) is 0.535. The van der Waals surface area contributed by atoms with E-state index in [4.69, 9.17) is 0 Å². The maximum atomic E-state index is 3.73. The van der Waals surface area contributed by atoms with Gasteiger partial charge in [0.05, 0.1) is 0 Å². The molecule has 0 saturated carbocycles. The number of benzene rings is 3. The third-order valence-electron chi connectivity index (χ3n) is 4.92. The minimum Gasteiger partial charge on any atom is -0.382 e. The summed E-state index contributed by atoms with van der Waals surface area (Å²) >= 11 is 0. The molecule has 0 amide bonds. The van der Waals surface area contributed by atoms with E-state index in [-0.39, 0.29) is 0 Å². The van der Waals surface area contributed by atoms with Crippen LogP contribution in [-0.2, 0) is 0 Å². The van der Waals surface area contributed by atoms with Crippen molar-refractivity contribution in [1.29, 1.82) is 0 Å². The Morgan fingerprint density at radius 3 is 1.37 bits per heavy atom. The van der Waals surface area contributed by atoms with Crippen LogP contribution in [0, 0.1) is 11.8 Å². The second-order valence-corrected chi connectivity index (χ2v) is 9.93. The largest absolute Gasteiger partial charge is 0.382 e. The predicted molar refractivity (Wildman–Crippen MR) is 122 cm³/mol. The Bertz CT molecular complexity index is 762. The molecule has 3 aromatic carbocycles. The van der Waals surface area contributed by atoms with Crippen LogP contribution in [0.2, 0.25) is 0 Å². The van der Waals surface area contributed by atoms with E-state index in [0.717, 1.165) is 0 Å². The van der Waals surface area contributed by atoms with Crippen molar-refractivity contribution in [2.75, 3.05) is 5.32 Å². The van der Waals surface area contributed by atoms with Crippen LogP contribution in [0.25, 0.3) is 0 Å².